The van der Waals surface area contributed by atoms with Gasteiger partial charge >= 0.3 is 0 Å². The number of thioether (sulfide) groups is 1. The number of rotatable bonds is 5. The van der Waals surface area contributed by atoms with E-state index in [1.54, 1.807) is 0 Å². The van der Waals surface area contributed by atoms with E-state index in [1.165, 1.54) is 37.4 Å². The summed E-state index contributed by atoms with van der Waals surface area (Å²) >= 11 is 2.10. The number of hydrogen-bond acceptors (Lipinski definition) is 3. The summed E-state index contributed by atoms with van der Waals surface area (Å²) in [6, 6.07) is 0.760. The first-order valence-electron chi connectivity index (χ1n) is 6.55. The predicted molar refractivity (Wildman–Crippen MR) is 71.1 cm³/mol. The van der Waals surface area contributed by atoms with Gasteiger partial charge < -0.3 is 4.74 Å². The minimum Gasteiger partial charge on any atom is -0.378 e. The van der Waals surface area contributed by atoms with E-state index in [-0.39, 0.29) is 0 Å². The minimum atomic E-state index is 0.381. The van der Waals surface area contributed by atoms with Gasteiger partial charge in [0.1, 0.15) is 0 Å². The molecule has 1 heterocycles. The average Bonchev–Trinajstić information content (AvgIpc) is 3.00. The normalized spacial score (nSPS) is 29.6. The van der Waals surface area contributed by atoms with Crippen LogP contribution in [0.1, 0.15) is 33.6 Å². The summed E-state index contributed by atoms with van der Waals surface area (Å²) in [5.41, 5.74) is 0.514. The van der Waals surface area contributed by atoms with Crippen molar-refractivity contribution < 1.29 is 4.74 Å². The quantitative estimate of drug-likeness (QED) is 0.736. The van der Waals surface area contributed by atoms with E-state index < -0.39 is 0 Å². The van der Waals surface area contributed by atoms with Crippen molar-refractivity contribution in [3.8, 4) is 0 Å². The first-order chi connectivity index (χ1) is 7.61. The zero-order chi connectivity index (χ0) is 11.6. The van der Waals surface area contributed by atoms with Gasteiger partial charge in [-0.25, -0.2) is 0 Å². The molecule has 2 nitrogen and oxygen atoms in total. The summed E-state index contributed by atoms with van der Waals surface area (Å²) in [7, 11) is 0. The fourth-order valence-corrected chi connectivity index (χ4v) is 3.38. The molecule has 1 atom stereocenters. The molecule has 1 saturated carbocycles. The van der Waals surface area contributed by atoms with Crippen molar-refractivity contribution in [1.82, 2.24) is 4.90 Å². The lowest BCUT2D eigenvalue weighted by Crippen LogP contribution is -2.44. The molecule has 0 bridgehead atoms. The lowest BCUT2D eigenvalue weighted by molar-refractivity contribution is 0.0278. The molecule has 3 heteroatoms. The van der Waals surface area contributed by atoms with Crippen LogP contribution in [0.25, 0.3) is 0 Å². The molecular weight excluding hydrogens is 218 g/mol. The highest BCUT2D eigenvalue weighted by Crippen LogP contribution is 2.47. The smallest absolute Gasteiger partial charge is 0.0538 e. The molecule has 0 unspecified atom stereocenters. The summed E-state index contributed by atoms with van der Waals surface area (Å²) in [5, 5.41) is 0. The van der Waals surface area contributed by atoms with E-state index in [9.17, 15) is 0 Å². The van der Waals surface area contributed by atoms with Gasteiger partial charge in [0.2, 0.25) is 0 Å². The molecule has 0 aromatic rings. The van der Waals surface area contributed by atoms with Crippen molar-refractivity contribution in [2.45, 2.75) is 45.8 Å². The molecule has 94 valence electrons. The highest BCUT2D eigenvalue weighted by Gasteiger charge is 2.45. The fraction of sp³-hybridized carbons (Fsp3) is 1.00. The lowest BCUT2D eigenvalue weighted by atomic mass is 10.1. The van der Waals surface area contributed by atoms with Gasteiger partial charge in [-0.05, 0) is 33.6 Å². The number of nitrogens with zero attached hydrogens (tertiary/aromatic N) is 1. The third kappa shape index (κ3) is 3.38. The van der Waals surface area contributed by atoms with Gasteiger partial charge in [0.25, 0.3) is 0 Å². The molecular formula is C13H25NOS. The highest BCUT2D eigenvalue weighted by molar-refractivity contribution is 7.99. The monoisotopic (exact) mass is 243 g/mol. The topological polar surface area (TPSA) is 12.5 Å². The largest absolute Gasteiger partial charge is 0.378 e. The molecule has 2 fully saturated rings. The van der Waals surface area contributed by atoms with Gasteiger partial charge in [0, 0.05) is 36.1 Å². The third-order valence-electron chi connectivity index (χ3n) is 3.72. The van der Waals surface area contributed by atoms with Crippen LogP contribution in [0.15, 0.2) is 0 Å². The van der Waals surface area contributed by atoms with Crippen molar-refractivity contribution in [3.05, 3.63) is 0 Å². The average molecular weight is 243 g/mol. The Morgan fingerprint density at radius 1 is 1.44 bits per heavy atom. The van der Waals surface area contributed by atoms with Gasteiger partial charge in [0.05, 0.1) is 12.7 Å². The Morgan fingerprint density at radius 2 is 2.19 bits per heavy atom. The van der Waals surface area contributed by atoms with Crippen molar-refractivity contribution in [3.63, 3.8) is 0 Å². The van der Waals surface area contributed by atoms with Crippen LogP contribution in [-0.4, -0.2) is 48.2 Å². The standard InChI is InChI=1S/C13H25NOS/c1-11(2)15-10-13(4-5-13)9-14-6-7-16-8-12(14)3/h11-12H,4-10H2,1-3H3/t12-/m0/s1. The Bertz CT molecular complexity index is 228. The Morgan fingerprint density at radius 3 is 2.75 bits per heavy atom. The Hall–Kier alpha value is 0.270. The zero-order valence-corrected chi connectivity index (χ0v) is 11.7. The van der Waals surface area contributed by atoms with Crippen molar-refractivity contribution in [1.29, 1.82) is 0 Å². The van der Waals surface area contributed by atoms with Crippen LogP contribution < -0.4 is 0 Å². The van der Waals surface area contributed by atoms with Crippen LogP contribution in [0.4, 0.5) is 0 Å². The van der Waals surface area contributed by atoms with Crippen LogP contribution in [0.2, 0.25) is 0 Å². The third-order valence-corrected chi connectivity index (χ3v) is 4.91. The number of hydrogen-bond donors (Lipinski definition) is 0. The maximum Gasteiger partial charge on any atom is 0.0538 e. The van der Waals surface area contributed by atoms with Crippen LogP contribution in [0.3, 0.4) is 0 Å². The van der Waals surface area contributed by atoms with Crippen LogP contribution in [0, 0.1) is 5.41 Å². The second-order valence-electron chi connectivity index (χ2n) is 5.75. The van der Waals surface area contributed by atoms with Gasteiger partial charge in [-0.1, -0.05) is 0 Å². The van der Waals surface area contributed by atoms with E-state index in [1.807, 2.05) is 0 Å². The lowest BCUT2D eigenvalue weighted by Gasteiger charge is -2.36. The molecule has 0 radical (unpaired) electrons. The second kappa shape index (κ2) is 5.28. The molecule has 1 saturated heterocycles. The molecule has 0 aromatic carbocycles. The SMILES string of the molecule is CC(C)OCC1(CN2CCSC[C@@H]2C)CC1. The van der Waals surface area contributed by atoms with E-state index >= 15 is 0 Å². The molecule has 2 rings (SSSR count). The minimum absolute atomic E-state index is 0.381. The van der Waals surface area contributed by atoms with Crippen molar-refractivity contribution in [2.24, 2.45) is 5.41 Å². The van der Waals surface area contributed by atoms with Gasteiger partial charge in [0.15, 0.2) is 0 Å². The summed E-state index contributed by atoms with van der Waals surface area (Å²) < 4.78 is 5.81. The zero-order valence-electron chi connectivity index (χ0n) is 10.9. The van der Waals surface area contributed by atoms with Crippen molar-refractivity contribution in [2.75, 3.05) is 31.2 Å². The summed E-state index contributed by atoms with van der Waals surface area (Å²) in [4.78, 5) is 2.67. The van der Waals surface area contributed by atoms with Gasteiger partial charge in [-0.3, -0.25) is 4.90 Å². The van der Waals surface area contributed by atoms with E-state index in [0.29, 0.717) is 11.5 Å². The predicted octanol–water partition coefficient (Wildman–Crippen LogP) is 2.63. The summed E-state index contributed by atoms with van der Waals surface area (Å²) in [6.07, 6.45) is 3.12. The summed E-state index contributed by atoms with van der Waals surface area (Å²) in [6.45, 7) is 10.1. The van der Waals surface area contributed by atoms with Crippen LogP contribution in [0.5, 0.6) is 0 Å². The van der Waals surface area contributed by atoms with Crippen LogP contribution in [-0.2, 0) is 4.74 Å². The van der Waals surface area contributed by atoms with E-state index in [0.717, 1.165) is 12.6 Å². The maximum atomic E-state index is 5.81. The number of ether oxygens (including phenoxy) is 1. The molecule has 0 N–H and O–H groups in total. The van der Waals surface area contributed by atoms with E-state index in [4.69, 9.17) is 4.74 Å². The Balaban J connectivity index is 1.79. The molecule has 16 heavy (non-hydrogen) atoms. The van der Waals surface area contributed by atoms with E-state index in [2.05, 4.69) is 37.4 Å². The molecule has 0 spiro atoms. The van der Waals surface area contributed by atoms with Crippen LogP contribution >= 0.6 is 11.8 Å². The Kier molecular flexibility index (Phi) is 4.20. The Labute approximate surface area is 104 Å². The molecule has 1 aliphatic carbocycles. The molecule has 1 aliphatic heterocycles. The van der Waals surface area contributed by atoms with Gasteiger partial charge in [-0.15, -0.1) is 0 Å². The second-order valence-corrected chi connectivity index (χ2v) is 6.90. The summed E-state index contributed by atoms with van der Waals surface area (Å²) in [5.74, 6) is 2.62. The first kappa shape index (κ1) is 12.7. The van der Waals surface area contributed by atoms with Gasteiger partial charge in [-0.2, -0.15) is 11.8 Å². The van der Waals surface area contributed by atoms with Crippen molar-refractivity contribution >= 4 is 11.8 Å². The molecule has 0 amide bonds. The highest BCUT2D eigenvalue weighted by atomic mass is 32.2. The fourth-order valence-electron chi connectivity index (χ4n) is 2.30. The maximum absolute atomic E-state index is 5.81. The first-order valence-corrected chi connectivity index (χ1v) is 7.70. The molecule has 2 aliphatic rings. The molecule has 0 aromatic heterocycles.